The van der Waals surface area contributed by atoms with Crippen LogP contribution in [0.5, 0.6) is 17.4 Å². The van der Waals surface area contributed by atoms with Crippen molar-refractivity contribution < 1.29 is 42.4 Å². The van der Waals surface area contributed by atoms with Gasteiger partial charge in [0.05, 0.1) is 56.3 Å². The highest BCUT2D eigenvalue weighted by molar-refractivity contribution is 7.13. The highest BCUT2D eigenvalue weighted by Gasteiger charge is 2.50. The van der Waals surface area contributed by atoms with Gasteiger partial charge in [-0.25, -0.2) is 28.5 Å². The molecule has 15 heteroatoms. The first kappa shape index (κ1) is 32.9. The zero-order valence-electron chi connectivity index (χ0n) is 26.8. The molecule has 1 N–H and O–H groups in total. The standard InChI is InChI=1S/C34H35F2N5O7S/c1-20-34(18-45-19-34)47-10-9-40(20)26-12-23(46-17-21-5-7-22(44-2)8-6-21)15-37-32(26)48-24-13-27(33(42)43)41(16-24)29-14-25(28-4-3-11-49-28)38-31(39-29)30(35)36/h3-8,11-12,14-15,20,24,27,30H,9-10,13,16-19H2,1-2H3,(H,42,43)/t20-,24-,27-/m0/s1. The van der Waals surface area contributed by atoms with E-state index in [1.807, 2.05) is 35.7 Å². The second kappa shape index (κ2) is 13.7. The molecule has 0 radical (unpaired) electrons. The third-order valence-corrected chi connectivity index (χ3v) is 10.0. The van der Waals surface area contributed by atoms with Crippen molar-refractivity contribution in [2.24, 2.45) is 0 Å². The number of morpholine rings is 1. The van der Waals surface area contributed by atoms with Crippen LogP contribution in [-0.2, 0) is 20.9 Å². The molecule has 0 bridgehead atoms. The Bertz CT molecular complexity index is 1780. The van der Waals surface area contributed by atoms with Crippen LogP contribution >= 0.6 is 11.3 Å². The number of pyridine rings is 1. The Morgan fingerprint density at radius 1 is 1.14 bits per heavy atom. The van der Waals surface area contributed by atoms with Gasteiger partial charge < -0.3 is 38.6 Å². The largest absolute Gasteiger partial charge is 0.497 e. The average Bonchev–Trinajstić information content (AvgIpc) is 3.79. The van der Waals surface area contributed by atoms with Gasteiger partial charge in [-0.1, -0.05) is 18.2 Å². The molecule has 12 nitrogen and oxygen atoms in total. The van der Waals surface area contributed by atoms with Gasteiger partial charge in [0, 0.05) is 25.1 Å². The maximum absolute atomic E-state index is 13.9. The topological polar surface area (TPSA) is 129 Å². The molecular weight excluding hydrogens is 660 g/mol. The van der Waals surface area contributed by atoms with Gasteiger partial charge in [0.2, 0.25) is 5.88 Å². The number of benzene rings is 1. The highest BCUT2D eigenvalue weighted by atomic mass is 32.1. The molecule has 4 aromatic rings. The number of rotatable bonds is 11. The molecule has 1 spiro atoms. The number of methoxy groups -OCH3 is 1. The number of halogens is 2. The minimum Gasteiger partial charge on any atom is -0.497 e. The Balaban J connectivity index is 1.17. The average molecular weight is 696 g/mol. The molecule has 0 amide bonds. The number of alkyl halides is 2. The molecule has 6 heterocycles. The summed E-state index contributed by atoms with van der Waals surface area (Å²) in [5.41, 5.74) is 1.44. The van der Waals surface area contributed by atoms with Crippen LogP contribution in [0.1, 0.15) is 31.2 Å². The summed E-state index contributed by atoms with van der Waals surface area (Å²) in [4.78, 5) is 29.6. The molecule has 3 aliphatic rings. The Morgan fingerprint density at radius 2 is 1.96 bits per heavy atom. The molecule has 3 fully saturated rings. The van der Waals surface area contributed by atoms with Crippen LogP contribution in [0.2, 0.25) is 0 Å². The fraction of sp³-hybridized carbons (Fsp3) is 0.412. The number of hydrogen-bond donors (Lipinski definition) is 1. The zero-order chi connectivity index (χ0) is 34.1. The van der Waals surface area contributed by atoms with Gasteiger partial charge in [0.15, 0.2) is 5.82 Å². The summed E-state index contributed by atoms with van der Waals surface area (Å²) in [6, 6.07) is 13.4. The van der Waals surface area contributed by atoms with Crippen LogP contribution < -0.4 is 24.0 Å². The van der Waals surface area contributed by atoms with E-state index in [9.17, 15) is 18.7 Å². The molecule has 0 aliphatic carbocycles. The van der Waals surface area contributed by atoms with E-state index in [1.165, 1.54) is 16.2 Å². The number of aromatic nitrogens is 3. The molecule has 7 rings (SSSR count). The summed E-state index contributed by atoms with van der Waals surface area (Å²) >= 11 is 1.34. The molecule has 3 atom stereocenters. The van der Waals surface area contributed by atoms with E-state index in [4.69, 9.17) is 23.7 Å². The van der Waals surface area contributed by atoms with E-state index in [-0.39, 0.29) is 24.8 Å². The number of hydrogen-bond acceptors (Lipinski definition) is 12. The number of carboxylic acid groups (broad SMARTS) is 1. The first-order valence-electron chi connectivity index (χ1n) is 15.8. The van der Waals surface area contributed by atoms with Crippen molar-refractivity contribution >= 4 is 28.8 Å². The summed E-state index contributed by atoms with van der Waals surface area (Å²) in [5.74, 6) is -0.126. The monoisotopic (exact) mass is 695 g/mol. The summed E-state index contributed by atoms with van der Waals surface area (Å²) < 4.78 is 57.4. The second-order valence-electron chi connectivity index (χ2n) is 12.1. The molecule has 3 aliphatic heterocycles. The van der Waals surface area contributed by atoms with Crippen molar-refractivity contribution in [1.82, 2.24) is 15.0 Å². The van der Waals surface area contributed by atoms with Gasteiger partial charge in [-0.3, -0.25) is 0 Å². The highest BCUT2D eigenvalue weighted by Crippen LogP contribution is 2.41. The third-order valence-electron chi connectivity index (χ3n) is 9.14. The third kappa shape index (κ3) is 6.70. The van der Waals surface area contributed by atoms with Gasteiger partial charge in [-0.15, -0.1) is 11.3 Å². The Kier molecular flexibility index (Phi) is 9.22. The molecular formula is C34H35F2N5O7S. The number of thiophene rings is 1. The van der Waals surface area contributed by atoms with Gasteiger partial charge >= 0.3 is 5.97 Å². The van der Waals surface area contributed by atoms with Crippen molar-refractivity contribution in [3.05, 3.63) is 71.5 Å². The van der Waals surface area contributed by atoms with Crippen LogP contribution in [0.25, 0.3) is 10.6 Å². The van der Waals surface area contributed by atoms with Crippen LogP contribution in [0.4, 0.5) is 20.3 Å². The number of nitrogens with zero attached hydrogens (tertiary/aromatic N) is 5. The van der Waals surface area contributed by atoms with E-state index < -0.39 is 36.0 Å². The number of aliphatic carboxylic acids is 1. The number of ether oxygens (including phenoxy) is 5. The Labute approximate surface area is 285 Å². The van der Waals surface area contributed by atoms with Gasteiger partial charge in [0.1, 0.15) is 47.4 Å². The Morgan fingerprint density at radius 3 is 2.63 bits per heavy atom. The fourth-order valence-corrected chi connectivity index (χ4v) is 7.05. The van der Waals surface area contributed by atoms with Crippen LogP contribution in [-0.4, -0.2) is 89.8 Å². The van der Waals surface area contributed by atoms with E-state index >= 15 is 0 Å². The molecule has 258 valence electrons. The predicted octanol–water partition coefficient (Wildman–Crippen LogP) is 5.23. The van der Waals surface area contributed by atoms with Crippen molar-refractivity contribution in [2.75, 3.05) is 49.8 Å². The van der Waals surface area contributed by atoms with E-state index in [0.29, 0.717) is 60.9 Å². The lowest BCUT2D eigenvalue weighted by molar-refractivity contribution is -0.228. The number of anilines is 2. The maximum Gasteiger partial charge on any atom is 0.326 e. The van der Waals surface area contributed by atoms with Crippen LogP contribution in [0.3, 0.4) is 0 Å². The number of carbonyl (C=O) groups is 1. The summed E-state index contributed by atoms with van der Waals surface area (Å²) in [6.07, 6.45) is -1.94. The molecule has 3 saturated heterocycles. The van der Waals surface area contributed by atoms with E-state index in [0.717, 1.165) is 11.3 Å². The molecule has 1 aromatic carbocycles. The predicted molar refractivity (Wildman–Crippen MR) is 176 cm³/mol. The van der Waals surface area contributed by atoms with Crippen molar-refractivity contribution in [1.29, 1.82) is 0 Å². The molecule has 0 unspecified atom stereocenters. The van der Waals surface area contributed by atoms with Crippen molar-refractivity contribution in [3.8, 4) is 28.0 Å². The van der Waals surface area contributed by atoms with E-state index in [1.54, 1.807) is 31.5 Å². The van der Waals surface area contributed by atoms with Crippen molar-refractivity contribution in [3.63, 3.8) is 0 Å². The minimum atomic E-state index is -2.94. The first-order valence-corrected chi connectivity index (χ1v) is 16.7. The molecule has 3 aromatic heterocycles. The van der Waals surface area contributed by atoms with Crippen LogP contribution in [0, 0.1) is 0 Å². The fourth-order valence-electron chi connectivity index (χ4n) is 6.36. The van der Waals surface area contributed by atoms with Gasteiger partial charge in [-0.05, 0) is 36.1 Å². The zero-order valence-corrected chi connectivity index (χ0v) is 27.6. The second-order valence-corrected chi connectivity index (χ2v) is 13.1. The number of carboxylic acids is 1. The van der Waals surface area contributed by atoms with E-state index in [2.05, 4.69) is 26.8 Å². The smallest absolute Gasteiger partial charge is 0.326 e. The summed E-state index contributed by atoms with van der Waals surface area (Å²) in [5, 5.41) is 12.0. The van der Waals surface area contributed by atoms with Gasteiger partial charge in [-0.2, -0.15) is 0 Å². The first-order chi connectivity index (χ1) is 23.7. The van der Waals surface area contributed by atoms with Crippen LogP contribution in [0.15, 0.2) is 60.1 Å². The maximum atomic E-state index is 13.9. The molecule has 0 saturated carbocycles. The van der Waals surface area contributed by atoms with Gasteiger partial charge in [0.25, 0.3) is 6.43 Å². The summed E-state index contributed by atoms with van der Waals surface area (Å²) in [6.45, 7) is 4.39. The Hall–Kier alpha value is -4.60. The summed E-state index contributed by atoms with van der Waals surface area (Å²) in [7, 11) is 1.61. The molecule has 49 heavy (non-hydrogen) atoms. The SMILES string of the molecule is COc1ccc(COc2cnc(O[C@H]3C[C@@H](C(=O)O)N(c4cc(-c5cccs5)nc(C(F)F)n4)C3)c(N3CCOC4(COC4)[C@@H]3C)c2)cc1. The minimum absolute atomic E-state index is 0.0744. The lowest BCUT2D eigenvalue weighted by atomic mass is 9.90. The lowest BCUT2D eigenvalue weighted by Crippen LogP contribution is -2.68. The normalized spacial score (nSPS) is 21.5. The quantitative estimate of drug-likeness (QED) is 0.221. The van der Waals surface area contributed by atoms with Crippen molar-refractivity contribution in [2.45, 2.75) is 50.2 Å². The lowest BCUT2D eigenvalue weighted by Gasteiger charge is -2.53.